The molecule has 0 amide bonds. The van der Waals surface area contributed by atoms with E-state index in [4.69, 9.17) is 4.74 Å². The Morgan fingerprint density at radius 3 is 2.39 bits per heavy atom. The minimum atomic E-state index is -1.55. The molecule has 3 fully saturated rings. The van der Waals surface area contributed by atoms with E-state index in [0.717, 1.165) is 12.8 Å². The Labute approximate surface area is 109 Å². The van der Waals surface area contributed by atoms with Crippen LogP contribution in [0.4, 0.5) is 0 Å². The topological polar surface area (TPSA) is 29.5 Å². The van der Waals surface area contributed by atoms with E-state index in [9.17, 15) is 5.11 Å². The lowest BCUT2D eigenvalue weighted by Gasteiger charge is -2.50. The van der Waals surface area contributed by atoms with E-state index in [1.165, 1.54) is 5.19 Å². The lowest BCUT2D eigenvalue weighted by atomic mass is 9.69. The van der Waals surface area contributed by atoms with Crippen molar-refractivity contribution in [1.82, 2.24) is 0 Å². The van der Waals surface area contributed by atoms with Crippen molar-refractivity contribution in [2.24, 2.45) is 5.92 Å². The van der Waals surface area contributed by atoms with Crippen molar-refractivity contribution in [1.29, 1.82) is 0 Å². The zero-order valence-electron chi connectivity index (χ0n) is 11.0. The molecule has 3 heteroatoms. The highest BCUT2D eigenvalue weighted by Gasteiger charge is 2.72. The first-order valence-corrected chi connectivity index (χ1v) is 10.0. The van der Waals surface area contributed by atoms with Crippen molar-refractivity contribution in [2.75, 3.05) is 0 Å². The van der Waals surface area contributed by atoms with Crippen molar-refractivity contribution in [2.45, 2.75) is 49.3 Å². The second kappa shape index (κ2) is 3.27. The Morgan fingerprint density at radius 2 is 1.83 bits per heavy atom. The van der Waals surface area contributed by atoms with Gasteiger partial charge in [-0.1, -0.05) is 48.6 Å². The molecule has 3 aliphatic rings. The van der Waals surface area contributed by atoms with E-state index in [-0.39, 0.29) is 5.60 Å². The first kappa shape index (κ1) is 11.2. The van der Waals surface area contributed by atoms with Gasteiger partial charge in [0.1, 0.15) is 0 Å². The molecule has 0 radical (unpaired) electrons. The van der Waals surface area contributed by atoms with E-state index in [0.29, 0.717) is 23.7 Å². The molecule has 2 bridgehead atoms. The fourth-order valence-electron chi connectivity index (χ4n) is 4.75. The normalized spacial score (nSPS) is 45.1. The fourth-order valence-corrected chi connectivity index (χ4v) is 8.74. The van der Waals surface area contributed by atoms with Gasteiger partial charge in [0.05, 0.1) is 25.9 Å². The van der Waals surface area contributed by atoms with E-state index in [1.807, 2.05) is 0 Å². The number of hydrogen-bond donors (Lipinski definition) is 1. The monoisotopic (exact) mass is 260 g/mol. The summed E-state index contributed by atoms with van der Waals surface area (Å²) in [5.41, 5.74) is 0.223. The molecule has 1 heterocycles. The molecule has 0 aromatic heterocycles. The predicted molar refractivity (Wildman–Crippen MR) is 73.6 cm³/mol. The number of fused-ring (bicyclic) bond motifs is 1. The molecule has 2 aliphatic carbocycles. The van der Waals surface area contributed by atoms with Crippen LogP contribution in [0.3, 0.4) is 0 Å². The largest absolute Gasteiger partial charge is 0.389 e. The van der Waals surface area contributed by atoms with Gasteiger partial charge in [-0.15, -0.1) is 0 Å². The van der Waals surface area contributed by atoms with Gasteiger partial charge in [0, 0.05) is 18.8 Å². The zero-order chi connectivity index (χ0) is 12.5. The smallest absolute Gasteiger partial charge is 0.0867 e. The summed E-state index contributed by atoms with van der Waals surface area (Å²) in [5.74, 6) is 0.421. The Hall–Kier alpha value is -0.643. The van der Waals surface area contributed by atoms with Crippen LogP contribution in [0.1, 0.15) is 12.8 Å². The molecule has 1 saturated heterocycles. The average Bonchev–Trinajstić information content (AvgIpc) is 2.76. The summed E-state index contributed by atoms with van der Waals surface area (Å²) in [6.07, 6.45) is 2.43. The molecule has 1 aliphatic heterocycles. The standard InChI is InChI=1S/C15H20O2Si/c1-18(2,10-6-4-3-5-7-10)14-12-9-15(16)8-11(17-12)13(14)15/h3-7,11-14,16H,8-9H2,1-2H3. The van der Waals surface area contributed by atoms with Crippen LogP contribution in [0.15, 0.2) is 30.3 Å². The molecule has 2 saturated carbocycles. The average molecular weight is 260 g/mol. The molecule has 4 rings (SSSR count). The molecular weight excluding hydrogens is 240 g/mol. The van der Waals surface area contributed by atoms with E-state index >= 15 is 0 Å². The van der Waals surface area contributed by atoms with Gasteiger partial charge in [0.15, 0.2) is 0 Å². The van der Waals surface area contributed by atoms with Gasteiger partial charge >= 0.3 is 0 Å². The highest BCUT2D eigenvalue weighted by Crippen LogP contribution is 2.66. The van der Waals surface area contributed by atoms with E-state index < -0.39 is 8.07 Å². The van der Waals surface area contributed by atoms with Gasteiger partial charge in [-0.25, -0.2) is 0 Å². The molecule has 1 aromatic carbocycles. The van der Waals surface area contributed by atoms with Crippen LogP contribution in [0, 0.1) is 5.92 Å². The molecule has 0 spiro atoms. The minimum Gasteiger partial charge on any atom is -0.389 e. The van der Waals surface area contributed by atoms with Crippen LogP contribution >= 0.6 is 0 Å². The van der Waals surface area contributed by atoms with Gasteiger partial charge in [-0.05, 0) is 5.54 Å². The quantitative estimate of drug-likeness (QED) is 0.823. The zero-order valence-corrected chi connectivity index (χ0v) is 12.0. The van der Waals surface area contributed by atoms with E-state index in [2.05, 4.69) is 43.4 Å². The van der Waals surface area contributed by atoms with Crippen LogP contribution < -0.4 is 5.19 Å². The first-order chi connectivity index (χ1) is 8.52. The molecule has 2 nitrogen and oxygen atoms in total. The van der Waals surface area contributed by atoms with Crippen LogP contribution in [0.2, 0.25) is 18.6 Å². The second-order valence-electron chi connectivity index (χ2n) is 6.86. The van der Waals surface area contributed by atoms with Gasteiger partial charge in [0.25, 0.3) is 0 Å². The van der Waals surface area contributed by atoms with Gasteiger partial charge in [-0.2, -0.15) is 0 Å². The van der Waals surface area contributed by atoms with Crippen LogP contribution in [0.5, 0.6) is 0 Å². The van der Waals surface area contributed by atoms with Crippen LogP contribution in [0.25, 0.3) is 0 Å². The van der Waals surface area contributed by atoms with Gasteiger partial charge in [0.2, 0.25) is 0 Å². The highest BCUT2D eigenvalue weighted by atomic mass is 28.3. The number of hydrogen-bond acceptors (Lipinski definition) is 2. The Kier molecular flexibility index (Phi) is 2.03. The lowest BCUT2D eigenvalue weighted by Crippen LogP contribution is -2.59. The van der Waals surface area contributed by atoms with Crippen LogP contribution in [-0.4, -0.2) is 31.0 Å². The van der Waals surface area contributed by atoms with Crippen molar-refractivity contribution < 1.29 is 9.84 Å². The second-order valence-corrected chi connectivity index (χ2v) is 11.6. The summed E-state index contributed by atoms with van der Waals surface area (Å²) in [6, 6.07) is 10.9. The maximum atomic E-state index is 10.6. The van der Waals surface area contributed by atoms with Crippen molar-refractivity contribution >= 4 is 13.3 Å². The summed E-state index contributed by atoms with van der Waals surface area (Å²) < 4.78 is 6.09. The summed E-state index contributed by atoms with van der Waals surface area (Å²) in [7, 11) is -1.55. The fraction of sp³-hybridized carbons (Fsp3) is 0.600. The SMILES string of the molecule is C[Si](C)(c1ccccc1)C1C2CC3(O)CC(O2)C13. The summed E-state index contributed by atoms with van der Waals surface area (Å²) in [6.45, 7) is 4.88. The molecule has 1 aromatic rings. The molecule has 18 heavy (non-hydrogen) atoms. The van der Waals surface area contributed by atoms with Crippen molar-refractivity contribution in [3.8, 4) is 0 Å². The molecule has 1 N–H and O–H groups in total. The maximum absolute atomic E-state index is 10.6. The predicted octanol–water partition coefficient (Wildman–Crippen LogP) is 1.89. The lowest BCUT2D eigenvalue weighted by molar-refractivity contribution is -0.204. The minimum absolute atomic E-state index is 0.320. The molecule has 96 valence electrons. The number of rotatable bonds is 2. The van der Waals surface area contributed by atoms with Crippen molar-refractivity contribution in [3.63, 3.8) is 0 Å². The number of aliphatic hydroxyl groups is 1. The Balaban J connectivity index is 1.73. The number of ether oxygens (including phenoxy) is 1. The Bertz CT molecular complexity index is 487. The number of benzene rings is 1. The van der Waals surface area contributed by atoms with Crippen LogP contribution in [-0.2, 0) is 4.74 Å². The third-order valence-electron chi connectivity index (χ3n) is 5.62. The summed E-state index contributed by atoms with van der Waals surface area (Å²) >= 11 is 0. The molecule has 5 atom stereocenters. The molecular formula is C15H20O2Si. The Morgan fingerprint density at radius 1 is 1.17 bits per heavy atom. The van der Waals surface area contributed by atoms with E-state index in [1.54, 1.807) is 0 Å². The summed E-state index contributed by atoms with van der Waals surface area (Å²) in [5, 5.41) is 12.1. The third-order valence-corrected chi connectivity index (χ3v) is 9.84. The third kappa shape index (κ3) is 1.20. The molecule has 5 unspecified atom stereocenters. The highest BCUT2D eigenvalue weighted by molar-refractivity contribution is 6.91. The van der Waals surface area contributed by atoms with Gasteiger partial charge < -0.3 is 9.84 Å². The first-order valence-electron chi connectivity index (χ1n) is 6.96. The summed E-state index contributed by atoms with van der Waals surface area (Å²) in [4.78, 5) is 0. The van der Waals surface area contributed by atoms with Crippen molar-refractivity contribution in [3.05, 3.63) is 30.3 Å². The maximum Gasteiger partial charge on any atom is 0.0867 e. The van der Waals surface area contributed by atoms with Gasteiger partial charge in [-0.3, -0.25) is 0 Å².